The summed E-state index contributed by atoms with van der Waals surface area (Å²) >= 11 is 0. The number of nitrogens with zero attached hydrogens (tertiary/aromatic N) is 2. The monoisotopic (exact) mass is 199 g/mol. The highest BCUT2D eigenvalue weighted by atomic mass is 14.8. The lowest BCUT2D eigenvalue weighted by atomic mass is 10.0. The summed E-state index contributed by atoms with van der Waals surface area (Å²) in [6.45, 7) is 1.97. The maximum absolute atomic E-state index is 5.83. The van der Waals surface area contributed by atoms with Crippen molar-refractivity contribution >= 4 is 0 Å². The van der Waals surface area contributed by atoms with Crippen LogP contribution in [-0.2, 0) is 0 Å². The summed E-state index contributed by atoms with van der Waals surface area (Å²) in [4.78, 5) is 7.99. The quantitative estimate of drug-likeness (QED) is 0.806. The van der Waals surface area contributed by atoms with E-state index in [2.05, 4.69) is 16.0 Å². The van der Waals surface area contributed by atoms with Crippen LogP contribution in [0.4, 0.5) is 0 Å². The standard InChI is InChI=1S/C12H13N3/c1-9(13)10-3-2-4-11(5-10)12-6-14-8-15-7-12/h2-9H,13H2,1H3/t9-/m0/s1. The Bertz CT molecular complexity index is 438. The molecule has 2 aromatic rings. The molecule has 0 bridgehead atoms. The van der Waals surface area contributed by atoms with Crippen molar-refractivity contribution in [3.05, 3.63) is 48.5 Å². The second-order valence-corrected chi connectivity index (χ2v) is 3.54. The first-order chi connectivity index (χ1) is 7.27. The molecule has 0 spiro atoms. The van der Waals surface area contributed by atoms with Crippen LogP contribution in [0.2, 0.25) is 0 Å². The molecule has 0 radical (unpaired) electrons. The SMILES string of the molecule is C[C@H](N)c1cccc(-c2cncnc2)c1. The van der Waals surface area contributed by atoms with Crippen molar-refractivity contribution in [2.45, 2.75) is 13.0 Å². The summed E-state index contributed by atoms with van der Waals surface area (Å²) in [6.07, 6.45) is 5.12. The van der Waals surface area contributed by atoms with Gasteiger partial charge in [0.2, 0.25) is 0 Å². The molecule has 0 saturated carbocycles. The molecule has 0 saturated heterocycles. The molecular formula is C12H13N3. The van der Waals surface area contributed by atoms with Crippen LogP contribution >= 0.6 is 0 Å². The van der Waals surface area contributed by atoms with Crippen molar-refractivity contribution in [3.8, 4) is 11.1 Å². The normalized spacial score (nSPS) is 12.4. The Hall–Kier alpha value is -1.74. The Balaban J connectivity index is 2.42. The Morgan fingerprint density at radius 3 is 2.53 bits per heavy atom. The van der Waals surface area contributed by atoms with Crippen LogP contribution in [0.25, 0.3) is 11.1 Å². The van der Waals surface area contributed by atoms with E-state index in [1.165, 1.54) is 6.33 Å². The van der Waals surface area contributed by atoms with E-state index in [4.69, 9.17) is 5.73 Å². The number of benzene rings is 1. The van der Waals surface area contributed by atoms with E-state index in [0.717, 1.165) is 16.7 Å². The predicted octanol–water partition coefficient (Wildman–Crippen LogP) is 2.16. The van der Waals surface area contributed by atoms with Gasteiger partial charge in [0, 0.05) is 24.0 Å². The van der Waals surface area contributed by atoms with Gasteiger partial charge in [0.15, 0.2) is 0 Å². The lowest BCUT2D eigenvalue weighted by molar-refractivity contribution is 0.818. The van der Waals surface area contributed by atoms with Crippen molar-refractivity contribution in [1.82, 2.24) is 9.97 Å². The number of rotatable bonds is 2. The van der Waals surface area contributed by atoms with E-state index in [-0.39, 0.29) is 6.04 Å². The molecule has 15 heavy (non-hydrogen) atoms. The third kappa shape index (κ3) is 2.19. The molecule has 76 valence electrons. The summed E-state index contributed by atoms with van der Waals surface area (Å²) in [5, 5.41) is 0. The molecule has 2 rings (SSSR count). The fourth-order valence-electron chi connectivity index (χ4n) is 1.45. The molecule has 2 N–H and O–H groups in total. The van der Waals surface area contributed by atoms with Gasteiger partial charge in [0.25, 0.3) is 0 Å². The Morgan fingerprint density at radius 1 is 1.13 bits per heavy atom. The van der Waals surface area contributed by atoms with Crippen LogP contribution in [0.3, 0.4) is 0 Å². The van der Waals surface area contributed by atoms with Gasteiger partial charge in [-0.15, -0.1) is 0 Å². The topological polar surface area (TPSA) is 51.8 Å². The van der Waals surface area contributed by atoms with Gasteiger partial charge in [-0.3, -0.25) is 0 Å². The Labute approximate surface area is 89.0 Å². The van der Waals surface area contributed by atoms with Crippen molar-refractivity contribution in [2.24, 2.45) is 5.73 Å². The first kappa shape index (κ1) is 9.80. The van der Waals surface area contributed by atoms with E-state index >= 15 is 0 Å². The van der Waals surface area contributed by atoms with Gasteiger partial charge in [-0.1, -0.05) is 18.2 Å². The molecule has 0 amide bonds. The van der Waals surface area contributed by atoms with Crippen LogP contribution in [0.5, 0.6) is 0 Å². The third-order valence-electron chi connectivity index (χ3n) is 2.31. The van der Waals surface area contributed by atoms with Crippen molar-refractivity contribution in [2.75, 3.05) is 0 Å². The zero-order chi connectivity index (χ0) is 10.7. The minimum Gasteiger partial charge on any atom is -0.324 e. The molecule has 0 aliphatic heterocycles. The van der Waals surface area contributed by atoms with Gasteiger partial charge in [0.05, 0.1) is 0 Å². The van der Waals surface area contributed by atoms with Gasteiger partial charge < -0.3 is 5.73 Å². The highest BCUT2D eigenvalue weighted by Crippen LogP contribution is 2.20. The first-order valence-corrected chi connectivity index (χ1v) is 4.88. The molecule has 1 aromatic carbocycles. The van der Waals surface area contributed by atoms with E-state index in [9.17, 15) is 0 Å². The molecule has 1 heterocycles. The Kier molecular flexibility index (Phi) is 2.74. The fraction of sp³-hybridized carbons (Fsp3) is 0.167. The van der Waals surface area contributed by atoms with Crippen LogP contribution in [0.1, 0.15) is 18.5 Å². The summed E-state index contributed by atoms with van der Waals surface area (Å²) in [7, 11) is 0. The molecule has 0 aliphatic rings. The molecule has 0 fully saturated rings. The lowest BCUT2D eigenvalue weighted by Crippen LogP contribution is -2.04. The molecule has 3 heteroatoms. The zero-order valence-corrected chi connectivity index (χ0v) is 8.59. The van der Waals surface area contributed by atoms with Crippen LogP contribution in [0.15, 0.2) is 43.0 Å². The van der Waals surface area contributed by atoms with Crippen molar-refractivity contribution < 1.29 is 0 Å². The van der Waals surface area contributed by atoms with Gasteiger partial charge in [-0.2, -0.15) is 0 Å². The molecule has 0 aliphatic carbocycles. The van der Waals surface area contributed by atoms with Crippen molar-refractivity contribution in [1.29, 1.82) is 0 Å². The second kappa shape index (κ2) is 4.19. The Morgan fingerprint density at radius 2 is 1.87 bits per heavy atom. The lowest BCUT2D eigenvalue weighted by Gasteiger charge is -2.07. The van der Waals surface area contributed by atoms with Crippen molar-refractivity contribution in [3.63, 3.8) is 0 Å². The first-order valence-electron chi connectivity index (χ1n) is 4.88. The predicted molar refractivity (Wildman–Crippen MR) is 60.1 cm³/mol. The zero-order valence-electron chi connectivity index (χ0n) is 8.59. The maximum Gasteiger partial charge on any atom is 0.115 e. The maximum atomic E-state index is 5.83. The second-order valence-electron chi connectivity index (χ2n) is 3.54. The van der Waals surface area contributed by atoms with Crippen LogP contribution in [0, 0.1) is 0 Å². The smallest absolute Gasteiger partial charge is 0.115 e. The largest absolute Gasteiger partial charge is 0.324 e. The average Bonchev–Trinajstić information content (AvgIpc) is 2.30. The average molecular weight is 199 g/mol. The van der Waals surface area contributed by atoms with E-state index in [1.807, 2.05) is 25.1 Å². The van der Waals surface area contributed by atoms with Crippen LogP contribution in [-0.4, -0.2) is 9.97 Å². The third-order valence-corrected chi connectivity index (χ3v) is 2.31. The number of aromatic nitrogens is 2. The van der Waals surface area contributed by atoms with Gasteiger partial charge in [-0.25, -0.2) is 9.97 Å². The van der Waals surface area contributed by atoms with Gasteiger partial charge >= 0.3 is 0 Å². The number of hydrogen-bond acceptors (Lipinski definition) is 3. The summed E-state index contributed by atoms with van der Waals surface area (Å²) in [5.41, 5.74) is 9.07. The fourth-order valence-corrected chi connectivity index (χ4v) is 1.45. The van der Waals surface area contributed by atoms with E-state index in [1.54, 1.807) is 12.4 Å². The highest BCUT2D eigenvalue weighted by molar-refractivity contribution is 5.62. The molecule has 0 unspecified atom stereocenters. The molecular weight excluding hydrogens is 186 g/mol. The minimum absolute atomic E-state index is 0.0505. The minimum atomic E-state index is 0.0505. The van der Waals surface area contributed by atoms with Gasteiger partial charge in [0.1, 0.15) is 6.33 Å². The van der Waals surface area contributed by atoms with E-state index < -0.39 is 0 Å². The molecule has 3 nitrogen and oxygen atoms in total. The summed E-state index contributed by atoms with van der Waals surface area (Å²) in [6, 6.07) is 8.18. The molecule has 1 atom stereocenters. The van der Waals surface area contributed by atoms with Gasteiger partial charge in [-0.05, 0) is 24.1 Å². The number of hydrogen-bond donors (Lipinski definition) is 1. The number of nitrogens with two attached hydrogens (primary N) is 1. The van der Waals surface area contributed by atoms with Crippen LogP contribution < -0.4 is 5.73 Å². The summed E-state index contributed by atoms with van der Waals surface area (Å²) in [5.74, 6) is 0. The highest BCUT2D eigenvalue weighted by Gasteiger charge is 2.02. The molecule has 1 aromatic heterocycles. The van der Waals surface area contributed by atoms with E-state index in [0.29, 0.717) is 0 Å². The summed E-state index contributed by atoms with van der Waals surface area (Å²) < 4.78 is 0.